The minimum absolute atomic E-state index is 0.0276. The molecule has 0 saturated heterocycles. The fourth-order valence-electron chi connectivity index (χ4n) is 1.59. The molecule has 2 nitrogen and oxygen atoms in total. The van der Waals surface area contributed by atoms with Gasteiger partial charge in [-0.3, -0.25) is 0 Å². The summed E-state index contributed by atoms with van der Waals surface area (Å²) in [5, 5.41) is 0. The maximum Gasteiger partial charge on any atom is 0.0779 e. The monoisotopic (exact) mass is 207 g/mol. The van der Waals surface area contributed by atoms with Crippen molar-refractivity contribution in [2.45, 2.75) is 38.8 Å². The van der Waals surface area contributed by atoms with Crippen molar-refractivity contribution in [2.24, 2.45) is 5.73 Å². The number of hydrogen-bond donors (Lipinski definition) is 1. The van der Waals surface area contributed by atoms with Gasteiger partial charge in [0.05, 0.1) is 5.60 Å². The highest BCUT2D eigenvalue weighted by Crippen LogP contribution is 2.16. The molecular formula is C13H21NO. The average Bonchev–Trinajstić information content (AvgIpc) is 2.19. The van der Waals surface area contributed by atoms with Crippen LogP contribution in [0.15, 0.2) is 30.3 Å². The Morgan fingerprint density at radius 2 is 1.87 bits per heavy atom. The Balaban J connectivity index is 2.59. The van der Waals surface area contributed by atoms with E-state index in [0.717, 1.165) is 6.42 Å². The molecule has 2 N–H and O–H groups in total. The molecule has 0 aliphatic rings. The highest BCUT2D eigenvalue weighted by Gasteiger charge is 2.26. The van der Waals surface area contributed by atoms with Crippen LogP contribution in [-0.2, 0) is 11.2 Å². The van der Waals surface area contributed by atoms with Crippen molar-refractivity contribution in [1.82, 2.24) is 0 Å². The summed E-state index contributed by atoms with van der Waals surface area (Å²) in [5.74, 6) is 0. The molecule has 0 aliphatic heterocycles. The highest BCUT2D eigenvalue weighted by atomic mass is 16.5. The van der Waals surface area contributed by atoms with Crippen LogP contribution in [0.5, 0.6) is 0 Å². The van der Waals surface area contributed by atoms with Crippen molar-refractivity contribution in [3.05, 3.63) is 35.9 Å². The van der Waals surface area contributed by atoms with E-state index >= 15 is 0 Å². The van der Waals surface area contributed by atoms with E-state index in [1.165, 1.54) is 5.56 Å². The maximum absolute atomic E-state index is 6.14. The van der Waals surface area contributed by atoms with Crippen molar-refractivity contribution in [3.8, 4) is 0 Å². The van der Waals surface area contributed by atoms with E-state index in [1.54, 1.807) is 0 Å². The smallest absolute Gasteiger partial charge is 0.0779 e. The first-order valence-electron chi connectivity index (χ1n) is 5.49. The zero-order valence-corrected chi connectivity index (χ0v) is 9.86. The first-order chi connectivity index (χ1) is 7.06. The molecule has 1 aromatic carbocycles. The van der Waals surface area contributed by atoms with Gasteiger partial charge in [-0.1, -0.05) is 30.3 Å². The summed E-state index contributed by atoms with van der Waals surface area (Å²) in [6.45, 7) is 6.79. The van der Waals surface area contributed by atoms with E-state index in [2.05, 4.69) is 12.1 Å². The lowest BCUT2D eigenvalue weighted by atomic mass is 9.93. The second kappa shape index (κ2) is 5.29. The van der Waals surface area contributed by atoms with E-state index in [-0.39, 0.29) is 11.6 Å². The minimum Gasteiger partial charge on any atom is -0.374 e. The molecule has 1 rings (SSSR count). The molecule has 1 aromatic rings. The van der Waals surface area contributed by atoms with Gasteiger partial charge in [0.2, 0.25) is 0 Å². The van der Waals surface area contributed by atoms with E-state index in [0.29, 0.717) is 6.61 Å². The van der Waals surface area contributed by atoms with Crippen LogP contribution in [0.2, 0.25) is 0 Å². The zero-order valence-electron chi connectivity index (χ0n) is 9.86. The van der Waals surface area contributed by atoms with Gasteiger partial charge in [-0.15, -0.1) is 0 Å². The predicted molar refractivity (Wildman–Crippen MR) is 63.8 cm³/mol. The Bertz CT molecular complexity index is 282. The minimum atomic E-state index is -0.259. The van der Waals surface area contributed by atoms with Crippen molar-refractivity contribution in [2.75, 3.05) is 6.61 Å². The molecule has 15 heavy (non-hydrogen) atoms. The average molecular weight is 207 g/mol. The summed E-state index contributed by atoms with van der Waals surface area (Å²) < 4.78 is 5.64. The molecule has 1 atom stereocenters. The van der Waals surface area contributed by atoms with Crippen LogP contribution in [0.1, 0.15) is 26.3 Å². The lowest BCUT2D eigenvalue weighted by Gasteiger charge is -2.31. The molecule has 0 aromatic heterocycles. The summed E-state index contributed by atoms with van der Waals surface area (Å²) in [6, 6.07) is 10.3. The van der Waals surface area contributed by atoms with Crippen LogP contribution >= 0.6 is 0 Å². The number of benzene rings is 1. The largest absolute Gasteiger partial charge is 0.374 e. The van der Waals surface area contributed by atoms with Crippen molar-refractivity contribution in [1.29, 1.82) is 0 Å². The Morgan fingerprint density at radius 1 is 1.27 bits per heavy atom. The first kappa shape index (κ1) is 12.2. The molecule has 0 fully saturated rings. The lowest BCUT2D eigenvalue weighted by Crippen LogP contribution is -2.46. The SMILES string of the molecule is CCOC(C)(C)C(N)Cc1ccccc1. The molecule has 0 aliphatic carbocycles. The number of hydrogen-bond acceptors (Lipinski definition) is 2. The van der Waals surface area contributed by atoms with Crippen LogP contribution in [-0.4, -0.2) is 18.2 Å². The van der Waals surface area contributed by atoms with Crippen molar-refractivity contribution in [3.63, 3.8) is 0 Å². The fourth-order valence-corrected chi connectivity index (χ4v) is 1.59. The second-order valence-corrected chi connectivity index (χ2v) is 4.33. The Labute approximate surface area is 92.4 Å². The second-order valence-electron chi connectivity index (χ2n) is 4.33. The van der Waals surface area contributed by atoms with Crippen molar-refractivity contribution < 1.29 is 4.74 Å². The highest BCUT2D eigenvalue weighted by molar-refractivity contribution is 5.16. The van der Waals surface area contributed by atoms with Crippen LogP contribution in [0.25, 0.3) is 0 Å². The Hall–Kier alpha value is -0.860. The van der Waals surface area contributed by atoms with E-state index < -0.39 is 0 Å². The van der Waals surface area contributed by atoms with Gasteiger partial charge >= 0.3 is 0 Å². The molecule has 0 saturated carbocycles. The van der Waals surface area contributed by atoms with Crippen LogP contribution in [0.3, 0.4) is 0 Å². The van der Waals surface area contributed by atoms with Crippen molar-refractivity contribution >= 4 is 0 Å². The topological polar surface area (TPSA) is 35.2 Å². The third-order valence-electron chi connectivity index (χ3n) is 2.71. The summed E-state index contributed by atoms with van der Waals surface area (Å²) in [6.07, 6.45) is 0.855. The van der Waals surface area contributed by atoms with Gasteiger partial charge in [0.1, 0.15) is 0 Å². The maximum atomic E-state index is 6.14. The van der Waals surface area contributed by atoms with Crippen LogP contribution in [0.4, 0.5) is 0 Å². The molecule has 1 unspecified atom stereocenters. The van der Waals surface area contributed by atoms with Gasteiger partial charge < -0.3 is 10.5 Å². The lowest BCUT2D eigenvalue weighted by molar-refractivity contribution is -0.0288. The zero-order chi connectivity index (χ0) is 11.3. The Morgan fingerprint density at radius 3 is 2.40 bits per heavy atom. The number of ether oxygens (including phenoxy) is 1. The van der Waals surface area contributed by atoms with Gasteiger partial charge in [-0.2, -0.15) is 0 Å². The summed E-state index contributed by atoms with van der Waals surface area (Å²) in [5.41, 5.74) is 7.15. The molecule has 2 heteroatoms. The molecule has 0 spiro atoms. The normalized spacial score (nSPS) is 13.9. The van der Waals surface area contributed by atoms with Gasteiger partial charge in [0.15, 0.2) is 0 Å². The van der Waals surface area contributed by atoms with E-state index in [9.17, 15) is 0 Å². The quantitative estimate of drug-likeness (QED) is 0.804. The summed E-state index contributed by atoms with van der Waals surface area (Å²) >= 11 is 0. The molecule has 0 bridgehead atoms. The standard InChI is InChI=1S/C13H21NO/c1-4-15-13(2,3)12(14)10-11-8-6-5-7-9-11/h5-9,12H,4,10,14H2,1-3H3. The number of nitrogens with two attached hydrogens (primary N) is 1. The van der Waals surface area contributed by atoms with Crippen LogP contribution < -0.4 is 5.73 Å². The predicted octanol–water partition coefficient (Wildman–Crippen LogP) is 2.37. The Kier molecular flexibility index (Phi) is 4.30. The molecule has 84 valence electrons. The van der Waals surface area contributed by atoms with Gasteiger partial charge in [0, 0.05) is 12.6 Å². The van der Waals surface area contributed by atoms with Gasteiger partial charge in [-0.05, 0) is 32.8 Å². The van der Waals surface area contributed by atoms with E-state index in [1.807, 2.05) is 39.0 Å². The third-order valence-corrected chi connectivity index (χ3v) is 2.71. The molecular weight excluding hydrogens is 186 g/mol. The van der Waals surface area contributed by atoms with E-state index in [4.69, 9.17) is 10.5 Å². The summed E-state index contributed by atoms with van der Waals surface area (Å²) in [7, 11) is 0. The van der Waals surface area contributed by atoms with Gasteiger partial charge in [-0.25, -0.2) is 0 Å². The summed E-state index contributed by atoms with van der Waals surface area (Å²) in [4.78, 5) is 0. The number of rotatable bonds is 5. The molecule has 0 radical (unpaired) electrons. The molecule has 0 amide bonds. The third kappa shape index (κ3) is 3.65. The fraction of sp³-hybridized carbons (Fsp3) is 0.538. The van der Waals surface area contributed by atoms with Crippen LogP contribution in [0, 0.1) is 0 Å². The first-order valence-corrected chi connectivity index (χ1v) is 5.49. The molecule has 0 heterocycles. The van der Waals surface area contributed by atoms with Gasteiger partial charge in [0.25, 0.3) is 0 Å².